The number of pyridine rings is 1. The molecule has 0 aliphatic heterocycles. The molecule has 0 N–H and O–H groups in total. The van der Waals surface area contributed by atoms with Gasteiger partial charge in [0.05, 0.1) is 4.92 Å². The number of aromatic nitrogens is 1. The minimum Gasteiger partial charge on any atom is -0.618 e. The van der Waals surface area contributed by atoms with Gasteiger partial charge >= 0.3 is 0 Å². The molecule has 0 unspecified atom stereocenters. The molecule has 25 heavy (non-hydrogen) atoms. The fourth-order valence-electron chi connectivity index (χ4n) is 4.24. The minimum absolute atomic E-state index is 0.0331. The van der Waals surface area contributed by atoms with E-state index in [1.165, 1.54) is 18.3 Å². The van der Waals surface area contributed by atoms with Gasteiger partial charge in [-0.15, -0.1) is 0 Å². The highest BCUT2D eigenvalue weighted by molar-refractivity contribution is 5.96. The number of benzene rings is 1. The Labute approximate surface area is 144 Å². The number of hydrogen-bond acceptors (Lipinski definition) is 4. The lowest BCUT2D eigenvalue weighted by Gasteiger charge is -2.26. The molecule has 1 aromatic carbocycles. The summed E-state index contributed by atoms with van der Waals surface area (Å²) in [7, 11) is 0. The lowest BCUT2D eigenvalue weighted by Crippen LogP contribution is -2.38. The second-order valence-corrected chi connectivity index (χ2v) is 6.62. The summed E-state index contributed by atoms with van der Waals surface area (Å²) in [4.78, 5) is 23.5. The van der Waals surface area contributed by atoms with Crippen molar-refractivity contribution >= 4 is 11.5 Å². The maximum Gasteiger partial charge on any atom is 0.269 e. The molecule has 0 radical (unpaired) electrons. The van der Waals surface area contributed by atoms with Gasteiger partial charge in [-0.1, -0.05) is 24.3 Å². The fraction of sp³-hybridized carbons (Fsp3) is 0.263. The monoisotopic (exact) mass is 336 g/mol. The van der Waals surface area contributed by atoms with Crippen molar-refractivity contribution in [1.29, 1.82) is 0 Å². The summed E-state index contributed by atoms with van der Waals surface area (Å²) in [5, 5.41) is 22.8. The average molecular weight is 336 g/mol. The molecular formula is C19H16N2O4. The first-order chi connectivity index (χ1) is 12.1. The molecule has 0 spiro atoms. The Hall–Kier alpha value is -3.02. The molecule has 6 nitrogen and oxygen atoms in total. The van der Waals surface area contributed by atoms with Gasteiger partial charge in [-0.3, -0.25) is 14.9 Å². The maximum atomic E-state index is 13.1. The average Bonchev–Trinajstić information content (AvgIpc) is 3.23. The van der Waals surface area contributed by atoms with Crippen LogP contribution in [0.1, 0.15) is 28.4 Å². The number of carbonyl (C=O) groups excluding carboxylic acids is 1. The molecule has 2 aliphatic rings. The van der Waals surface area contributed by atoms with Crippen molar-refractivity contribution in [3.63, 3.8) is 0 Å². The normalized spacial score (nSPS) is 26.7. The number of carbonyl (C=O) groups is 1. The van der Waals surface area contributed by atoms with Crippen LogP contribution in [0.4, 0.5) is 5.69 Å². The van der Waals surface area contributed by atoms with Gasteiger partial charge in [0.1, 0.15) is 0 Å². The number of Topliss-reactive ketones (excluding diaryl/α,β-unsaturated/α-hetero) is 1. The number of non-ortho nitro benzene ring substituents is 1. The maximum absolute atomic E-state index is 13.1. The highest BCUT2D eigenvalue weighted by Gasteiger charge is 2.50. The zero-order valence-electron chi connectivity index (χ0n) is 13.3. The number of nitro benzene ring substituents is 1. The Bertz CT molecular complexity index is 875. The van der Waals surface area contributed by atoms with Crippen molar-refractivity contribution in [2.24, 2.45) is 17.8 Å². The van der Waals surface area contributed by atoms with Crippen LogP contribution in [0.2, 0.25) is 0 Å². The van der Waals surface area contributed by atoms with E-state index in [2.05, 4.69) is 12.2 Å². The van der Waals surface area contributed by atoms with Crippen LogP contribution in [0.5, 0.6) is 0 Å². The highest BCUT2D eigenvalue weighted by atomic mass is 16.6. The molecule has 126 valence electrons. The van der Waals surface area contributed by atoms with Crippen LogP contribution < -0.4 is 4.73 Å². The summed E-state index contributed by atoms with van der Waals surface area (Å²) in [5.41, 5.74) is 1.10. The number of fused-ring (bicyclic) bond motifs is 2. The molecule has 1 aromatic heterocycles. The van der Waals surface area contributed by atoms with E-state index >= 15 is 0 Å². The third-order valence-corrected chi connectivity index (χ3v) is 5.33. The quantitative estimate of drug-likeness (QED) is 0.214. The third-order valence-electron chi connectivity index (χ3n) is 5.33. The van der Waals surface area contributed by atoms with Crippen LogP contribution >= 0.6 is 0 Å². The van der Waals surface area contributed by atoms with E-state index in [1.54, 1.807) is 30.3 Å². The van der Waals surface area contributed by atoms with Gasteiger partial charge in [0.25, 0.3) is 11.4 Å². The first-order valence-corrected chi connectivity index (χ1v) is 8.21. The summed E-state index contributed by atoms with van der Waals surface area (Å²) in [6.07, 6.45) is 6.39. The number of nitrogens with zero attached hydrogens (tertiary/aromatic N) is 2. The predicted octanol–water partition coefficient (Wildman–Crippen LogP) is 3.02. The van der Waals surface area contributed by atoms with E-state index in [4.69, 9.17) is 0 Å². The molecular weight excluding hydrogens is 320 g/mol. The summed E-state index contributed by atoms with van der Waals surface area (Å²) >= 11 is 0. The first-order valence-electron chi connectivity index (χ1n) is 8.21. The highest BCUT2D eigenvalue weighted by Crippen LogP contribution is 2.53. The molecule has 1 fully saturated rings. The topological polar surface area (TPSA) is 87.2 Å². The Morgan fingerprint density at radius 1 is 1.08 bits per heavy atom. The van der Waals surface area contributed by atoms with Crippen molar-refractivity contribution in [3.8, 4) is 0 Å². The minimum atomic E-state index is -0.433. The van der Waals surface area contributed by atoms with E-state index in [0.717, 1.165) is 12.0 Å². The van der Waals surface area contributed by atoms with Crippen LogP contribution in [0.15, 0.2) is 60.8 Å². The van der Waals surface area contributed by atoms with Crippen molar-refractivity contribution in [2.75, 3.05) is 0 Å². The van der Waals surface area contributed by atoms with Crippen molar-refractivity contribution in [2.45, 2.75) is 12.3 Å². The van der Waals surface area contributed by atoms with Crippen LogP contribution in [-0.2, 0) is 0 Å². The lowest BCUT2D eigenvalue weighted by atomic mass is 9.75. The molecule has 2 aliphatic carbocycles. The zero-order valence-corrected chi connectivity index (χ0v) is 13.3. The smallest absolute Gasteiger partial charge is 0.269 e. The first kappa shape index (κ1) is 15.5. The Kier molecular flexibility index (Phi) is 3.60. The van der Waals surface area contributed by atoms with Gasteiger partial charge in [0, 0.05) is 36.1 Å². The van der Waals surface area contributed by atoms with Crippen LogP contribution in [0.3, 0.4) is 0 Å². The Morgan fingerprint density at radius 3 is 2.48 bits per heavy atom. The second-order valence-electron chi connectivity index (χ2n) is 6.62. The van der Waals surface area contributed by atoms with Gasteiger partial charge in [-0.25, -0.2) is 0 Å². The largest absolute Gasteiger partial charge is 0.618 e. The number of hydrogen-bond donors (Lipinski definition) is 0. The summed E-state index contributed by atoms with van der Waals surface area (Å²) in [6.45, 7) is 0. The van der Waals surface area contributed by atoms with E-state index in [-0.39, 0.29) is 40.8 Å². The lowest BCUT2D eigenvalue weighted by molar-refractivity contribution is -0.607. The number of ketones is 1. The van der Waals surface area contributed by atoms with Gasteiger partial charge in [-0.05, 0) is 29.9 Å². The molecule has 1 saturated carbocycles. The SMILES string of the molecule is O=C(c1cccc[n+]1[O-])[C@@H]1[C@@H](c2ccc([N+](=O)[O-])cc2)[C@@H]2C=C[C@H]1C2. The number of nitro groups is 1. The Balaban J connectivity index is 1.71. The summed E-state index contributed by atoms with van der Waals surface area (Å²) in [6, 6.07) is 11.2. The molecule has 4 rings (SSSR count). The van der Waals surface area contributed by atoms with E-state index in [9.17, 15) is 20.1 Å². The number of allylic oxidation sites excluding steroid dienone is 2. The molecule has 2 aromatic rings. The molecule has 6 heteroatoms. The van der Waals surface area contributed by atoms with Crippen LogP contribution in [-0.4, -0.2) is 10.7 Å². The third kappa shape index (κ3) is 2.50. The van der Waals surface area contributed by atoms with Gasteiger partial charge in [0.15, 0.2) is 6.20 Å². The fourth-order valence-corrected chi connectivity index (χ4v) is 4.24. The zero-order chi connectivity index (χ0) is 17.6. The van der Waals surface area contributed by atoms with Crippen molar-refractivity contribution in [1.82, 2.24) is 0 Å². The van der Waals surface area contributed by atoms with Gasteiger partial charge in [0.2, 0.25) is 5.78 Å². The molecule has 2 bridgehead atoms. The molecule has 1 heterocycles. The number of rotatable bonds is 4. The van der Waals surface area contributed by atoms with Crippen molar-refractivity contribution in [3.05, 3.63) is 87.4 Å². The molecule has 0 saturated heterocycles. The van der Waals surface area contributed by atoms with E-state index < -0.39 is 4.92 Å². The summed E-state index contributed by atoms with van der Waals surface area (Å²) < 4.78 is 0.616. The van der Waals surface area contributed by atoms with E-state index in [1.807, 2.05) is 0 Å². The predicted molar refractivity (Wildman–Crippen MR) is 89.8 cm³/mol. The second kappa shape index (κ2) is 5.81. The van der Waals surface area contributed by atoms with Gasteiger partial charge < -0.3 is 5.21 Å². The van der Waals surface area contributed by atoms with E-state index in [0.29, 0.717) is 4.73 Å². The summed E-state index contributed by atoms with van der Waals surface area (Å²) in [5.74, 6) is -0.180. The van der Waals surface area contributed by atoms with Crippen LogP contribution in [0.25, 0.3) is 0 Å². The van der Waals surface area contributed by atoms with Gasteiger partial charge in [-0.2, -0.15) is 4.73 Å². The van der Waals surface area contributed by atoms with Crippen molar-refractivity contribution < 1.29 is 14.4 Å². The van der Waals surface area contributed by atoms with Crippen LogP contribution in [0, 0.1) is 33.1 Å². The Morgan fingerprint density at radius 2 is 1.80 bits per heavy atom. The molecule has 4 atom stereocenters. The molecule has 0 amide bonds. The standard InChI is InChI=1S/C19H16N2O4/c22-19(16-3-1-2-10-20(16)23)18-14-5-4-13(11-14)17(18)12-6-8-15(9-7-12)21(24)25/h1-10,13-14,17-18H,11H2/t13-,14+,17+,18+/m1/s1.